The molecular formula is C13H12ClN3. The minimum atomic E-state index is 0.423. The topological polar surface area (TPSA) is 39.9 Å². The molecule has 86 valence electrons. The normalized spacial score (nSPS) is 10.3. The molecule has 1 heterocycles. The number of anilines is 1. The van der Waals surface area contributed by atoms with Crippen molar-refractivity contribution in [2.45, 2.75) is 6.92 Å². The molecule has 17 heavy (non-hydrogen) atoms. The molecule has 0 amide bonds. The number of aromatic nitrogens is 1. The Kier molecular flexibility index (Phi) is 2.91. The number of aryl methyl sites for hydroxylation is 1. The number of nitriles is 1. The quantitative estimate of drug-likeness (QED) is 0.775. The van der Waals surface area contributed by atoms with Crippen LogP contribution in [0.1, 0.15) is 11.3 Å². The van der Waals surface area contributed by atoms with Crippen LogP contribution in [0.2, 0.25) is 5.02 Å². The summed E-state index contributed by atoms with van der Waals surface area (Å²) in [5.41, 5.74) is 3.19. The molecule has 0 aliphatic rings. The molecule has 0 aliphatic carbocycles. The summed E-state index contributed by atoms with van der Waals surface area (Å²) in [6.45, 7) is 1.95. The molecule has 0 aliphatic heterocycles. The van der Waals surface area contributed by atoms with E-state index in [0.29, 0.717) is 10.7 Å². The second-order valence-electron chi connectivity index (χ2n) is 4.15. The Bertz CT molecular complexity index is 627. The van der Waals surface area contributed by atoms with E-state index in [1.807, 2.05) is 38.1 Å². The van der Waals surface area contributed by atoms with Gasteiger partial charge in [-0.2, -0.15) is 5.26 Å². The molecule has 1 aromatic heterocycles. The summed E-state index contributed by atoms with van der Waals surface area (Å²) < 4.78 is 0. The van der Waals surface area contributed by atoms with Gasteiger partial charge in [-0.3, -0.25) is 0 Å². The van der Waals surface area contributed by atoms with E-state index in [-0.39, 0.29) is 0 Å². The van der Waals surface area contributed by atoms with Crippen molar-refractivity contribution in [3.8, 4) is 6.07 Å². The maximum Gasteiger partial charge on any atom is 0.143 e. The minimum Gasteiger partial charge on any atom is -0.377 e. The summed E-state index contributed by atoms with van der Waals surface area (Å²) in [5.74, 6) is 0. The van der Waals surface area contributed by atoms with Crippen LogP contribution >= 0.6 is 11.6 Å². The average Bonchev–Trinajstić information content (AvgIpc) is 2.27. The van der Waals surface area contributed by atoms with Crippen molar-refractivity contribution in [3.63, 3.8) is 0 Å². The van der Waals surface area contributed by atoms with Crippen molar-refractivity contribution in [1.82, 2.24) is 4.98 Å². The zero-order valence-electron chi connectivity index (χ0n) is 9.95. The van der Waals surface area contributed by atoms with Gasteiger partial charge < -0.3 is 4.90 Å². The summed E-state index contributed by atoms with van der Waals surface area (Å²) >= 11 is 6.06. The SMILES string of the molecule is Cc1cc(Cl)cc2c(N(C)C)cc(C#N)nc12. The first kappa shape index (κ1) is 11.7. The molecular weight excluding hydrogens is 234 g/mol. The lowest BCUT2D eigenvalue weighted by molar-refractivity contribution is 1.13. The van der Waals surface area contributed by atoms with Crippen molar-refractivity contribution in [3.05, 3.63) is 34.5 Å². The first-order valence-electron chi connectivity index (χ1n) is 5.21. The molecule has 3 nitrogen and oxygen atoms in total. The Balaban J connectivity index is 2.92. The van der Waals surface area contributed by atoms with Gasteiger partial charge in [0.05, 0.1) is 5.52 Å². The van der Waals surface area contributed by atoms with Crippen LogP contribution in [0.15, 0.2) is 18.2 Å². The van der Waals surface area contributed by atoms with Crippen LogP contribution in [-0.2, 0) is 0 Å². The number of fused-ring (bicyclic) bond motifs is 1. The van der Waals surface area contributed by atoms with Crippen LogP contribution in [0, 0.1) is 18.3 Å². The standard InChI is InChI=1S/C13H12ClN3/c1-8-4-9(14)5-11-12(17(2)3)6-10(7-15)16-13(8)11/h4-6H,1-3H3. The van der Waals surface area contributed by atoms with Gasteiger partial charge in [0, 0.05) is 30.2 Å². The number of nitrogens with zero attached hydrogens (tertiary/aromatic N) is 3. The fourth-order valence-electron chi connectivity index (χ4n) is 1.87. The molecule has 1 aromatic carbocycles. The lowest BCUT2D eigenvalue weighted by Crippen LogP contribution is -2.10. The first-order chi connectivity index (χ1) is 8.02. The molecule has 0 bridgehead atoms. The van der Waals surface area contributed by atoms with Crippen molar-refractivity contribution in [2.24, 2.45) is 0 Å². The lowest BCUT2D eigenvalue weighted by Gasteiger charge is -2.16. The van der Waals surface area contributed by atoms with E-state index < -0.39 is 0 Å². The Labute approximate surface area is 105 Å². The minimum absolute atomic E-state index is 0.423. The van der Waals surface area contributed by atoms with Gasteiger partial charge in [-0.15, -0.1) is 0 Å². The fraction of sp³-hybridized carbons (Fsp3) is 0.231. The number of hydrogen-bond donors (Lipinski definition) is 0. The monoisotopic (exact) mass is 245 g/mol. The van der Waals surface area contributed by atoms with E-state index in [2.05, 4.69) is 11.1 Å². The zero-order chi connectivity index (χ0) is 12.6. The van der Waals surface area contributed by atoms with Crippen molar-refractivity contribution in [2.75, 3.05) is 19.0 Å². The third kappa shape index (κ3) is 2.04. The van der Waals surface area contributed by atoms with Crippen LogP contribution in [-0.4, -0.2) is 19.1 Å². The van der Waals surface area contributed by atoms with Crippen LogP contribution < -0.4 is 4.90 Å². The third-order valence-corrected chi connectivity index (χ3v) is 2.86. The maximum atomic E-state index is 8.99. The van der Waals surface area contributed by atoms with Gasteiger partial charge in [0.25, 0.3) is 0 Å². The lowest BCUT2D eigenvalue weighted by atomic mass is 10.1. The smallest absolute Gasteiger partial charge is 0.143 e. The van der Waals surface area contributed by atoms with Crippen LogP contribution in [0.4, 0.5) is 5.69 Å². The van der Waals surface area contributed by atoms with Gasteiger partial charge in [-0.1, -0.05) is 11.6 Å². The third-order valence-electron chi connectivity index (χ3n) is 2.64. The van der Waals surface area contributed by atoms with Gasteiger partial charge in [0.15, 0.2) is 0 Å². The van der Waals surface area contributed by atoms with Gasteiger partial charge in [-0.25, -0.2) is 4.98 Å². The van der Waals surface area contributed by atoms with Gasteiger partial charge in [0.1, 0.15) is 11.8 Å². The van der Waals surface area contributed by atoms with Gasteiger partial charge in [-0.05, 0) is 30.7 Å². The highest BCUT2D eigenvalue weighted by atomic mass is 35.5. The second-order valence-corrected chi connectivity index (χ2v) is 4.59. The predicted octanol–water partition coefficient (Wildman–Crippen LogP) is 3.13. The maximum absolute atomic E-state index is 8.99. The van der Waals surface area contributed by atoms with E-state index in [1.165, 1.54) is 0 Å². The molecule has 0 N–H and O–H groups in total. The molecule has 0 radical (unpaired) electrons. The summed E-state index contributed by atoms with van der Waals surface area (Å²) in [7, 11) is 3.87. The van der Waals surface area contributed by atoms with Gasteiger partial charge in [0.2, 0.25) is 0 Å². The van der Waals surface area contributed by atoms with E-state index in [1.54, 1.807) is 6.07 Å². The van der Waals surface area contributed by atoms with E-state index >= 15 is 0 Å². The summed E-state index contributed by atoms with van der Waals surface area (Å²) in [5, 5.41) is 10.6. The molecule has 2 aromatic rings. The van der Waals surface area contributed by atoms with Crippen LogP contribution in [0.5, 0.6) is 0 Å². The molecule has 0 saturated carbocycles. The fourth-order valence-corrected chi connectivity index (χ4v) is 2.14. The predicted molar refractivity (Wildman–Crippen MR) is 70.5 cm³/mol. The molecule has 0 spiro atoms. The summed E-state index contributed by atoms with van der Waals surface area (Å²) in [6.07, 6.45) is 0. The number of rotatable bonds is 1. The van der Waals surface area contributed by atoms with Crippen LogP contribution in [0.25, 0.3) is 10.9 Å². The number of benzene rings is 1. The Morgan fingerprint density at radius 2 is 2.00 bits per heavy atom. The average molecular weight is 246 g/mol. The van der Waals surface area contributed by atoms with E-state index in [0.717, 1.165) is 22.2 Å². The second kappa shape index (κ2) is 4.23. The van der Waals surface area contributed by atoms with Crippen LogP contribution in [0.3, 0.4) is 0 Å². The summed E-state index contributed by atoms with van der Waals surface area (Å²) in [6, 6.07) is 7.60. The van der Waals surface area contributed by atoms with Crippen molar-refractivity contribution in [1.29, 1.82) is 5.26 Å². The van der Waals surface area contributed by atoms with Crippen molar-refractivity contribution < 1.29 is 0 Å². The molecule has 0 fully saturated rings. The highest BCUT2D eigenvalue weighted by Crippen LogP contribution is 2.30. The highest BCUT2D eigenvalue weighted by Gasteiger charge is 2.10. The van der Waals surface area contributed by atoms with Crippen molar-refractivity contribution >= 4 is 28.2 Å². The van der Waals surface area contributed by atoms with E-state index in [9.17, 15) is 0 Å². The number of halogens is 1. The number of pyridine rings is 1. The molecule has 0 saturated heterocycles. The molecule has 2 rings (SSSR count). The molecule has 0 atom stereocenters. The molecule has 4 heteroatoms. The Morgan fingerprint density at radius 1 is 1.29 bits per heavy atom. The summed E-state index contributed by atoms with van der Waals surface area (Å²) in [4.78, 5) is 6.29. The Hall–Kier alpha value is -1.79. The van der Waals surface area contributed by atoms with Gasteiger partial charge >= 0.3 is 0 Å². The Morgan fingerprint density at radius 3 is 2.59 bits per heavy atom. The van der Waals surface area contributed by atoms with E-state index in [4.69, 9.17) is 16.9 Å². The molecule has 0 unspecified atom stereocenters. The first-order valence-corrected chi connectivity index (χ1v) is 5.59. The zero-order valence-corrected chi connectivity index (χ0v) is 10.7. The largest absolute Gasteiger partial charge is 0.377 e. The highest BCUT2D eigenvalue weighted by molar-refractivity contribution is 6.31. The number of hydrogen-bond acceptors (Lipinski definition) is 3.